The molecule has 2 rings (SSSR count). The number of benzene rings is 1. The predicted octanol–water partition coefficient (Wildman–Crippen LogP) is 1.91. The number of nitrogens with two attached hydrogens (primary N) is 1. The van der Waals surface area contributed by atoms with Crippen LogP contribution in [0.4, 0.5) is 10.1 Å². The average Bonchev–Trinajstić information content (AvgIpc) is 2.85. The van der Waals surface area contributed by atoms with Gasteiger partial charge >= 0.3 is 0 Å². The van der Waals surface area contributed by atoms with Crippen LogP contribution < -0.4 is 11.1 Å². The Labute approximate surface area is 83.3 Å². The third-order valence-corrected chi connectivity index (χ3v) is 2.77. The van der Waals surface area contributed by atoms with Gasteiger partial charge in [0.2, 0.25) is 0 Å². The van der Waals surface area contributed by atoms with E-state index in [4.69, 9.17) is 5.73 Å². The zero-order valence-corrected chi connectivity index (χ0v) is 8.26. The first kappa shape index (κ1) is 9.46. The summed E-state index contributed by atoms with van der Waals surface area (Å²) in [6.07, 6.45) is 1.20. The van der Waals surface area contributed by atoms with Crippen molar-refractivity contribution in [3.05, 3.63) is 29.6 Å². The van der Waals surface area contributed by atoms with Gasteiger partial charge in [-0.25, -0.2) is 4.39 Å². The van der Waals surface area contributed by atoms with Gasteiger partial charge in [0.25, 0.3) is 0 Å². The van der Waals surface area contributed by atoms with Gasteiger partial charge in [0.15, 0.2) is 5.82 Å². The van der Waals surface area contributed by atoms with E-state index in [0.29, 0.717) is 18.2 Å². The molecule has 0 radical (unpaired) electrons. The second kappa shape index (κ2) is 3.58. The van der Waals surface area contributed by atoms with Crippen molar-refractivity contribution in [2.24, 2.45) is 5.92 Å². The summed E-state index contributed by atoms with van der Waals surface area (Å²) in [5.74, 6) is 0.451. The first-order valence-electron chi connectivity index (χ1n) is 4.94. The number of halogens is 1. The van der Waals surface area contributed by atoms with Gasteiger partial charge in [-0.1, -0.05) is 19.1 Å². The smallest absolute Gasteiger partial charge is 0.150 e. The maximum Gasteiger partial charge on any atom is 0.150 e. The van der Waals surface area contributed by atoms with Gasteiger partial charge < -0.3 is 11.1 Å². The molecule has 1 fully saturated rings. The van der Waals surface area contributed by atoms with Crippen molar-refractivity contribution in [1.82, 2.24) is 5.32 Å². The Hall–Kier alpha value is -1.09. The highest BCUT2D eigenvalue weighted by atomic mass is 19.1. The summed E-state index contributed by atoms with van der Waals surface area (Å²) in [6, 6.07) is 5.70. The molecule has 1 aliphatic carbocycles. The van der Waals surface area contributed by atoms with E-state index < -0.39 is 0 Å². The number of anilines is 1. The quantitative estimate of drug-likeness (QED) is 0.721. The van der Waals surface area contributed by atoms with Gasteiger partial charge in [0.05, 0.1) is 5.69 Å². The van der Waals surface area contributed by atoms with Crippen LogP contribution in [0.3, 0.4) is 0 Å². The molecule has 14 heavy (non-hydrogen) atoms. The van der Waals surface area contributed by atoms with Crippen LogP contribution in [0, 0.1) is 11.7 Å². The Morgan fingerprint density at radius 3 is 2.93 bits per heavy atom. The van der Waals surface area contributed by atoms with E-state index in [-0.39, 0.29) is 11.5 Å². The van der Waals surface area contributed by atoms with Crippen LogP contribution in [-0.2, 0) is 6.54 Å². The number of nitrogens with one attached hydrogen (secondary N) is 1. The molecule has 76 valence electrons. The van der Waals surface area contributed by atoms with Crippen LogP contribution in [-0.4, -0.2) is 6.04 Å². The zero-order chi connectivity index (χ0) is 10.1. The monoisotopic (exact) mass is 194 g/mol. The van der Waals surface area contributed by atoms with Crippen LogP contribution in [0.5, 0.6) is 0 Å². The van der Waals surface area contributed by atoms with E-state index in [1.54, 1.807) is 18.2 Å². The van der Waals surface area contributed by atoms with Crippen LogP contribution in [0.15, 0.2) is 18.2 Å². The first-order chi connectivity index (χ1) is 6.68. The number of hydrogen-bond donors (Lipinski definition) is 2. The summed E-state index contributed by atoms with van der Waals surface area (Å²) in [5.41, 5.74) is 6.35. The molecule has 1 saturated carbocycles. The molecule has 2 unspecified atom stereocenters. The third-order valence-electron chi connectivity index (χ3n) is 2.77. The second-order valence-corrected chi connectivity index (χ2v) is 4.02. The molecule has 2 atom stereocenters. The van der Waals surface area contributed by atoms with Crippen LogP contribution in [0.1, 0.15) is 18.9 Å². The normalized spacial score (nSPS) is 25.0. The Morgan fingerprint density at radius 1 is 1.57 bits per heavy atom. The van der Waals surface area contributed by atoms with Crippen molar-refractivity contribution in [1.29, 1.82) is 0 Å². The van der Waals surface area contributed by atoms with Gasteiger partial charge in [-0.15, -0.1) is 0 Å². The highest BCUT2D eigenvalue weighted by Gasteiger charge is 2.31. The molecular formula is C11H15FN2. The molecule has 0 saturated heterocycles. The first-order valence-corrected chi connectivity index (χ1v) is 4.94. The Bertz CT molecular complexity index is 338. The van der Waals surface area contributed by atoms with Crippen LogP contribution in [0.2, 0.25) is 0 Å². The van der Waals surface area contributed by atoms with Crippen molar-refractivity contribution >= 4 is 5.69 Å². The van der Waals surface area contributed by atoms with Crippen molar-refractivity contribution in [2.75, 3.05) is 5.73 Å². The van der Waals surface area contributed by atoms with Crippen molar-refractivity contribution in [3.8, 4) is 0 Å². The lowest BCUT2D eigenvalue weighted by Gasteiger charge is -2.06. The zero-order valence-electron chi connectivity index (χ0n) is 8.26. The molecule has 0 aliphatic heterocycles. The molecule has 1 aliphatic rings. The molecule has 0 spiro atoms. The minimum absolute atomic E-state index is 0.230. The molecule has 1 aromatic rings. The SMILES string of the molecule is CC1CC1NCc1cccc(N)c1F. The lowest BCUT2D eigenvalue weighted by molar-refractivity contribution is 0.583. The van der Waals surface area contributed by atoms with Gasteiger partial charge in [-0.2, -0.15) is 0 Å². The fourth-order valence-electron chi connectivity index (χ4n) is 1.58. The summed E-state index contributed by atoms with van der Waals surface area (Å²) in [4.78, 5) is 0. The van der Waals surface area contributed by atoms with Crippen molar-refractivity contribution < 1.29 is 4.39 Å². The highest BCUT2D eigenvalue weighted by Crippen LogP contribution is 2.29. The standard InChI is InChI=1S/C11H15FN2/c1-7-5-10(7)14-6-8-3-2-4-9(13)11(8)12/h2-4,7,10,14H,5-6,13H2,1H3. The number of nitrogen functional groups attached to an aromatic ring is 1. The van der Waals surface area contributed by atoms with E-state index in [1.807, 2.05) is 0 Å². The minimum Gasteiger partial charge on any atom is -0.396 e. The van der Waals surface area contributed by atoms with Crippen LogP contribution >= 0.6 is 0 Å². The van der Waals surface area contributed by atoms with Gasteiger partial charge in [-0.3, -0.25) is 0 Å². The highest BCUT2D eigenvalue weighted by molar-refractivity contribution is 5.42. The maximum absolute atomic E-state index is 13.4. The minimum atomic E-state index is -0.284. The summed E-state index contributed by atoms with van der Waals surface area (Å²) in [6.45, 7) is 2.76. The summed E-state index contributed by atoms with van der Waals surface area (Å²) < 4.78 is 13.4. The lowest BCUT2D eigenvalue weighted by Crippen LogP contribution is -2.18. The van der Waals surface area contributed by atoms with Gasteiger partial charge in [0.1, 0.15) is 0 Å². The van der Waals surface area contributed by atoms with Gasteiger partial charge in [0, 0.05) is 18.2 Å². The average molecular weight is 194 g/mol. The van der Waals surface area contributed by atoms with E-state index in [1.165, 1.54) is 6.42 Å². The molecule has 0 amide bonds. The van der Waals surface area contributed by atoms with E-state index in [0.717, 1.165) is 5.92 Å². The topological polar surface area (TPSA) is 38.0 Å². The third kappa shape index (κ3) is 1.87. The Kier molecular flexibility index (Phi) is 2.42. The molecule has 2 nitrogen and oxygen atoms in total. The van der Waals surface area contributed by atoms with Crippen molar-refractivity contribution in [3.63, 3.8) is 0 Å². The van der Waals surface area contributed by atoms with Crippen molar-refractivity contribution in [2.45, 2.75) is 25.9 Å². The fraction of sp³-hybridized carbons (Fsp3) is 0.455. The summed E-state index contributed by atoms with van der Waals surface area (Å²) in [7, 11) is 0. The summed E-state index contributed by atoms with van der Waals surface area (Å²) in [5, 5.41) is 3.30. The molecule has 0 heterocycles. The molecule has 3 N–H and O–H groups in total. The second-order valence-electron chi connectivity index (χ2n) is 4.02. The van der Waals surface area contributed by atoms with E-state index >= 15 is 0 Å². The van der Waals surface area contributed by atoms with E-state index in [2.05, 4.69) is 12.2 Å². The Balaban J connectivity index is 1.98. The molecular weight excluding hydrogens is 179 g/mol. The maximum atomic E-state index is 13.4. The van der Waals surface area contributed by atoms with Gasteiger partial charge in [-0.05, 0) is 18.4 Å². The van der Waals surface area contributed by atoms with Crippen LogP contribution in [0.25, 0.3) is 0 Å². The largest absolute Gasteiger partial charge is 0.396 e. The molecule has 0 aromatic heterocycles. The number of hydrogen-bond acceptors (Lipinski definition) is 2. The number of rotatable bonds is 3. The molecule has 3 heteroatoms. The molecule has 0 bridgehead atoms. The van der Waals surface area contributed by atoms with E-state index in [9.17, 15) is 4.39 Å². The molecule has 1 aromatic carbocycles. The fourth-order valence-corrected chi connectivity index (χ4v) is 1.58. The summed E-state index contributed by atoms with van der Waals surface area (Å²) >= 11 is 0. The Morgan fingerprint density at radius 2 is 2.29 bits per heavy atom. The predicted molar refractivity (Wildman–Crippen MR) is 55.2 cm³/mol. The lowest BCUT2D eigenvalue weighted by atomic mass is 10.2.